The number of halogens is 2. The molecular formula is C12H16F2N2. The summed E-state index contributed by atoms with van der Waals surface area (Å²) in [6.07, 6.45) is 1.88. The van der Waals surface area contributed by atoms with Crippen molar-refractivity contribution in [3.05, 3.63) is 35.4 Å². The molecule has 16 heavy (non-hydrogen) atoms. The van der Waals surface area contributed by atoms with Crippen LogP contribution in [0.25, 0.3) is 0 Å². The molecule has 1 saturated heterocycles. The summed E-state index contributed by atoms with van der Waals surface area (Å²) in [7, 11) is 0. The van der Waals surface area contributed by atoms with E-state index in [0.717, 1.165) is 32.0 Å². The van der Waals surface area contributed by atoms with Gasteiger partial charge in [-0.2, -0.15) is 0 Å². The Balaban J connectivity index is 2.15. The van der Waals surface area contributed by atoms with Gasteiger partial charge in [0.05, 0.1) is 0 Å². The van der Waals surface area contributed by atoms with Gasteiger partial charge in [-0.25, -0.2) is 8.78 Å². The average molecular weight is 226 g/mol. The maximum atomic E-state index is 13.5. The number of nitrogens with two attached hydrogens (primary N) is 1. The molecule has 0 unspecified atom stereocenters. The summed E-state index contributed by atoms with van der Waals surface area (Å²) >= 11 is 0. The smallest absolute Gasteiger partial charge is 0.130 e. The van der Waals surface area contributed by atoms with Gasteiger partial charge in [0.2, 0.25) is 0 Å². The van der Waals surface area contributed by atoms with Crippen LogP contribution in [-0.2, 0) is 0 Å². The van der Waals surface area contributed by atoms with Gasteiger partial charge in [0.1, 0.15) is 11.6 Å². The van der Waals surface area contributed by atoms with E-state index in [2.05, 4.69) is 5.32 Å². The van der Waals surface area contributed by atoms with Crippen molar-refractivity contribution >= 4 is 0 Å². The molecule has 1 aliphatic rings. The van der Waals surface area contributed by atoms with Crippen LogP contribution >= 0.6 is 0 Å². The second-order valence-electron chi connectivity index (χ2n) is 4.28. The maximum absolute atomic E-state index is 13.5. The Morgan fingerprint density at radius 1 is 1.25 bits per heavy atom. The molecular weight excluding hydrogens is 210 g/mol. The molecule has 4 heteroatoms. The SMILES string of the molecule is N[C@@H](c1ccc(F)cc1F)C1CCNCC1. The molecule has 2 rings (SSSR count). The molecule has 88 valence electrons. The van der Waals surface area contributed by atoms with Crippen molar-refractivity contribution in [1.29, 1.82) is 0 Å². The number of rotatable bonds is 2. The van der Waals surface area contributed by atoms with Crippen LogP contribution in [0, 0.1) is 17.6 Å². The Hall–Kier alpha value is -1.00. The molecule has 0 amide bonds. The van der Waals surface area contributed by atoms with Crippen molar-refractivity contribution in [2.24, 2.45) is 11.7 Å². The number of benzene rings is 1. The zero-order valence-electron chi connectivity index (χ0n) is 9.05. The predicted octanol–water partition coefficient (Wildman–Crippen LogP) is 1.96. The van der Waals surface area contributed by atoms with E-state index in [1.807, 2.05) is 0 Å². The van der Waals surface area contributed by atoms with E-state index in [0.29, 0.717) is 5.56 Å². The van der Waals surface area contributed by atoms with Gasteiger partial charge in [0.25, 0.3) is 0 Å². The molecule has 1 fully saturated rings. The lowest BCUT2D eigenvalue weighted by molar-refractivity contribution is 0.316. The lowest BCUT2D eigenvalue weighted by Gasteiger charge is -2.28. The first-order valence-electron chi connectivity index (χ1n) is 5.59. The summed E-state index contributed by atoms with van der Waals surface area (Å²) in [5.74, 6) is -0.814. The van der Waals surface area contributed by atoms with Gasteiger partial charge in [-0.1, -0.05) is 6.07 Å². The number of hydrogen-bond acceptors (Lipinski definition) is 2. The van der Waals surface area contributed by atoms with Crippen LogP contribution in [0.2, 0.25) is 0 Å². The van der Waals surface area contributed by atoms with Crippen molar-refractivity contribution < 1.29 is 8.78 Å². The topological polar surface area (TPSA) is 38.0 Å². The highest BCUT2D eigenvalue weighted by molar-refractivity contribution is 5.22. The van der Waals surface area contributed by atoms with Gasteiger partial charge < -0.3 is 11.1 Å². The second-order valence-corrected chi connectivity index (χ2v) is 4.28. The van der Waals surface area contributed by atoms with Crippen molar-refractivity contribution in [1.82, 2.24) is 5.32 Å². The summed E-state index contributed by atoms with van der Waals surface area (Å²) in [6.45, 7) is 1.84. The fourth-order valence-electron chi connectivity index (χ4n) is 2.23. The minimum atomic E-state index is -0.557. The first kappa shape index (κ1) is 11.5. The zero-order valence-corrected chi connectivity index (χ0v) is 9.05. The van der Waals surface area contributed by atoms with E-state index in [9.17, 15) is 8.78 Å². The van der Waals surface area contributed by atoms with E-state index in [1.165, 1.54) is 12.1 Å². The summed E-state index contributed by atoms with van der Waals surface area (Å²) in [6, 6.07) is 3.29. The fraction of sp³-hybridized carbons (Fsp3) is 0.500. The minimum Gasteiger partial charge on any atom is -0.324 e. The molecule has 2 nitrogen and oxygen atoms in total. The zero-order chi connectivity index (χ0) is 11.5. The molecule has 0 saturated carbocycles. The van der Waals surface area contributed by atoms with Crippen molar-refractivity contribution in [2.45, 2.75) is 18.9 Å². The van der Waals surface area contributed by atoms with Gasteiger partial charge in [-0.15, -0.1) is 0 Å². The van der Waals surface area contributed by atoms with E-state index in [1.54, 1.807) is 0 Å². The first-order valence-corrected chi connectivity index (χ1v) is 5.59. The van der Waals surface area contributed by atoms with Crippen LogP contribution in [0.5, 0.6) is 0 Å². The third kappa shape index (κ3) is 2.39. The molecule has 1 heterocycles. The van der Waals surface area contributed by atoms with Crippen molar-refractivity contribution in [2.75, 3.05) is 13.1 Å². The van der Waals surface area contributed by atoms with Crippen LogP contribution < -0.4 is 11.1 Å². The molecule has 1 aliphatic heterocycles. The summed E-state index contributed by atoms with van der Waals surface area (Å²) in [5, 5.41) is 3.24. The fourth-order valence-corrected chi connectivity index (χ4v) is 2.23. The van der Waals surface area contributed by atoms with Gasteiger partial charge in [-0.05, 0) is 37.9 Å². The van der Waals surface area contributed by atoms with Gasteiger partial charge in [0, 0.05) is 17.7 Å². The maximum Gasteiger partial charge on any atom is 0.130 e. The van der Waals surface area contributed by atoms with E-state index < -0.39 is 11.6 Å². The molecule has 1 aromatic rings. The molecule has 0 spiro atoms. The molecule has 0 aliphatic carbocycles. The second kappa shape index (κ2) is 4.89. The van der Waals surface area contributed by atoms with E-state index in [-0.39, 0.29) is 12.0 Å². The Labute approximate surface area is 93.8 Å². The van der Waals surface area contributed by atoms with Gasteiger partial charge in [-0.3, -0.25) is 0 Å². The Bertz CT molecular complexity index is 362. The lowest BCUT2D eigenvalue weighted by atomic mass is 9.86. The molecule has 0 bridgehead atoms. The Kier molecular flexibility index (Phi) is 3.51. The van der Waals surface area contributed by atoms with E-state index in [4.69, 9.17) is 5.73 Å². The standard InChI is InChI=1S/C12H16F2N2/c13-9-1-2-10(11(14)7-9)12(15)8-3-5-16-6-4-8/h1-2,7-8,12,16H,3-6,15H2/t12-/m1/s1. The van der Waals surface area contributed by atoms with Crippen LogP contribution in [-0.4, -0.2) is 13.1 Å². The molecule has 1 atom stereocenters. The third-order valence-corrected chi connectivity index (χ3v) is 3.21. The van der Waals surface area contributed by atoms with Gasteiger partial charge >= 0.3 is 0 Å². The van der Waals surface area contributed by atoms with Crippen LogP contribution in [0.4, 0.5) is 8.78 Å². The van der Waals surface area contributed by atoms with Crippen molar-refractivity contribution in [3.8, 4) is 0 Å². The molecule has 1 aromatic carbocycles. The Morgan fingerprint density at radius 3 is 2.56 bits per heavy atom. The quantitative estimate of drug-likeness (QED) is 0.809. The third-order valence-electron chi connectivity index (χ3n) is 3.21. The monoisotopic (exact) mass is 226 g/mol. The average Bonchev–Trinajstić information content (AvgIpc) is 2.29. The first-order chi connectivity index (χ1) is 7.68. The van der Waals surface area contributed by atoms with Gasteiger partial charge in [0.15, 0.2) is 0 Å². The highest BCUT2D eigenvalue weighted by atomic mass is 19.1. The van der Waals surface area contributed by atoms with Crippen LogP contribution in [0.1, 0.15) is 24.4 Å². The van der Waals surface area contributed by atoms with E-state index >= 15 is 0 Å². The summed E-state index contributed by atoms with van der Waals surface area (Å²) in [4.78, 5) is 0. The summed E-state index contributed by atoms with van der Waals surface area (Å²) < 4.78 is 26.3. The largest absolute Gasteiger partial charge is 0.324 e. The van der Waals surface area contributed by atoms with Crippen LogP contribution in [0.15, 0.2) is 18.2 Å². The molecule has 0 radical (unpaired) electrons. The van der Waals surface area contributed by atoms with Crippen LogP contribution in [0.3, 0.4) is 0 Å². The number of piperidine rings is 1. The normalized spacial score (nSPS) is 19.7. The highest BCUT2D eigenvalue weighted by Gasteiger charge is 2.23. The summed E-state index contributed by atoms with van der Waals surface area (Å²) in [5.41, 5.74) is 6.45. The van der Waals surface area contributed by atoms with Crippen molar-refractivity contribution in [3.63, 3.8) is 0 Å². The molecule has 0 aromatic heterocycles. The highest BCUT2D eigenvalue weighted by Crippen LogP contribution is 2.28. The number of nitrogens with one attached hydrogen (secondary N) is 1. The lowest BCUT2D eigenvalue weighted by Crippen LogP contribution is -2.34. The number of hydrogen-bond donors (Lipinski definition) is 2. The molecule has 3 N–H and O–H groups in total. The minimum absolute atomic E-state index is 0.279. The predicted molar refractivity (Wildman–Crippen MR) is 58.9 cm³/mol. The Morgan fingerprint density at radius 2 is 1.94 bits per heavy atom.